The fraction of sp³-hybridized carbons (Fsp3) is 0.455. The summed E-state index contributed by atoms with van der Waals surface area (Å²) in [6, 6.07) is 10.2. The van der Waals surface area contributed by atoms with Crippen molar-refractivity contribution in [2.45, 2.75) is 33.1 Å². The summed E-state index contributed by atoms with van der Waals surface area (Å²) in [5.41, 5.74) is 2.65. The van der Waals surface area contributed by atoms with Crippen LogP contribution in [-0.2, 0) is 0 Å². The van der Waals surface area contributed by atoms with Crippen molar-refractivity contribution in [1.29, 1.82) is 0 Å². The van der Waals surface area contributed by atoms with E-state index in [9.17, 15) is 0 Å². The standard InChI is InChI=1S/C11H14/c1-4-9(2)11-8-6-5-7-10(11)3/h5,7,9H,4H2,1-3H3. The van der Waals surface area contributed by atoms with Gasteiger partial charge in [0.2, 0.25) is 0 Å². The summed E-state index contributed by atoms with van der Waals surface area (Å²) < 4.78 is 0. The average Bonchev–Trinajstić information content (AvgIpc) is 2.04. The van der Waals surface area contributed by atoms with Crippen molar-refractivity contribution in [2.24, 2.45) is 0 Å². The average molecular weight is 146 g/mol. The molecule has 1 unspecified atom stereocenters. The minimum atomic E-state index is 0.618. The highest BCUT2D eigenvalue weighted by molar-refractivity contribution is 5.23. The maximum absolute atomic E-state index is 3.16. The lowest BCUT2D eigenvalue weighted by atomic mass is 9.96. The van der Waals surface area contributed by atoms with Crippen molar-refractivity contribution in [2.75, 3.05) is 0 Å². The smallest absolute Gasteiger partial charge is 0.00813 e. The molecule has 1 rings (SSSR count). The molecule has 0 saturated heterocycles. The van der Waals surface area contributed by atoms with Crippen molar-refractivity contribution >= 4 is 0 Å². The van der Waals surface area contributed by atoms with Gasteiger partial charge >= 0.3 is 0 Å². The van der Waals surface area contributed by atoms with Crippen LogP contribution in [0, 0.1) is 19.1 Å². The van der Waals surface area contributed by atoms with Crippen molar-refractivity contribution in [3.63, 3.8) is 0 Å². The SMILES string of the molecule is CCC(C)c1c#cccc1C. The Bertz CT molecular complexity index is 225. The van der Waals surface area contributed by atoms with Gasteiger partial charge in [0.1, 0.15) is 0 Å². The Labute approximate surface area is 69.3 Å². The third-order valence-electron chi connectivity index (χ3n) is 2.15. The van der Waals surface area contributed by atoms with Gasteiger partial charge in [-0.15, -0.1) is 0 Å². The normalized spacial score (nSPS) is 12.3. The second kappa shape index (κ2) is 3.44. The fourth-order valence-corrected chi connectivity index (χ4v) is 1.19. The third kappa shape index (κ3) is 1.74. The van der Waals surface area contributed by atoms with Crippen molar-refractivity contribution in [3.05, 3.63) is 35.4 Å². The van der Waals surface area contributed by atoms with Crippen molar-refractivity contribution in [1.82, 2.24) is 0 Å². The molecule has 0 aliphatic rings. The first-order valence-corrected chi connectivity index (χ1v) is 4.14. The zero-order valence-corrected chi connectivity index (χ0v) is 7.44. The lowest BCUT2D eigenvalue weighted by molar-refractivity contribution is 0.729. The molecule has 0 radical (unpaired) electrons. The van der Waals surface area contributed by atoms with Crippen LogP contribution in [0.5, 0.6) is 0 Å². The predicted octanol–water partition coefficient (Wildman–Crippen LogP) is 3.11. The molecule has 58 valence electrons. The Hall–Kier alpha value is -0.960. The Morgan fingerprint density at radius 2 is 2.27 bits per heavy atom. The second-order valence-electron chi connectivity index (χ2n) is 3.01. The molecule has 0 saturated carbocycles. The van der Waals surface area contributed by atoms with E-state index in [0.29, 0.717) is 5.92 Å². The number of hydrogen-bond acceptors (Lipinski definition) is 0. The Morgan fingerprint density at radius 1 is 1.55 bits per heavy atom. The van der Waals surface area contributed by atoms with Crippen molar-refractivity contribution < 1.29 is 0 Å². The molecular formula is C11H14. The molecule has 0 amide bonds. The quantitative estimate of drug-likeness (QED) is 0.601. The molecule has 1 aromatic rings. The van der Waals surface area contributed by atoms with Crippen LogP contribution in [0.1, 0.15) is 37.3 Å². The lowest BCUT2D eigenvalue weighted by Crippen LogP contribution is -1.92. The number of aryl methyl sites for hydroxylation is 1. The van der Waals surface area contributed by atoms with Gasteiger partial charge in [0.15, 0.2) is 0 Å². The van der Waals surface area contributed by atoms with Crippen LogP contribution in [0.2, 0.25) is 0 Å². The van der Waals surface area contributed by atoms with Crippen LogP contribution < -0.4 is 0 Å². The van der Waals surface area contributed by atoms with Gasteiger partial charge in [0.05, 0.1) is 0 Å². The molecule has 0 heterocycles. The fourth-order valence-electron chi connectivity index (χ4n) is 1.19. The molecule has 0 aliphatic carbocycles. The minimum Gasteiger partial charge on any atom is -0.0699 e. The Kier molecular flexibility index (Phi) is 2.54. The van der Waals surface area contributed by atoms with Gasteiger partial charge < -0.3 is 0 Å². The van der Waals surface area contributed by atoms with Crippen LogP contribution in [0.4, 0.5) is 0 Å². The zero-order chi connectivity index (χ0) is 8.27. The maximum Gasteiger partial charge on any atom is 0.00813 e. The van der Waals surface area contributed by atoms with Gasteiger partial charge in [0, 0.05) is 5.56 Å². The maximum atomic E-state index is 3.16. The first-order chi connectivity index (χ1) is 5.25. The van der Waals surface area contributed by atoms with E-state index >= 15 is 0 Å². The first kappa shape index (κ1) is 8.14. The molecule has 11 heavy (non-hydrogen) atoms. The highest BCUT2D eigenvalue weighted by Crippen LogP contribution is 2.19. The third-order valence-corrected chi connectivity index (χ3v) is 2.15. The monoisotopic (exact) mass is 146 g/mol. The Balaban J connectivity index is 2.93. The Morgan fingerprint density at radius 3 is 2.82 bits per heavy atom. The summed E-state index contributed by atoms with van der Waals surface area (Å²) in [6.45, 7) is 6.56. The highest BCUT2D eigenvalue weighted by Gasteiger charge is 2.03. The van der Waals surface area contributed by atoms with E-state index in [1.807, 2.05) is 6.07 Å². The van der Waals surface area contributed by atoms with E-state index < -0.39 is 0 Å². The van der Waals surface area contributed by atoms with Gasteiger partial charge in [-0.05, 0) is 30.9 Å². The molecular weight excluding hydrogens is 132 g/mol. The van der Waals surface area contributed by atoms with E-state index in [1.54, 1.807) is 0 Å². The zero-order valence-electron chi connectivity index (χ0n) is 7.44. The molecule has 0 bridgehead atoms. The second-order valence-corrected chi connectivity index (χ2v) is 3.01. The molecule has 0 nitrogen and oxygen atoms in total. The minimum absolute atomic E-state index is 0.618. The van der Waals surface area contributed by atoms with Crippen LogP contribution in [0.25, 0.3) is 0 Å². The first-order valence-electron chi connectivity index (χ1n) is 4.14. The summed E-state index contributed by atoms with van der Waals surface area (Å²) in [6.07, 6.45) is 1.18. The van der Waals surface area contributed by atoms with Gasteiger partial charge in [0.25, 0.3) is 0 Å². The van der Waals surface area contributed by atoms with Crippen LogP contribution >= 0.6 is 0 Å². The van der Waals surface area contributed by atoms with Crippen molar-refractivity contribution in [3.8, 4) is 0 Å². The molecule has 1 aromatic carbocycles. The van der Waals surface area contributed by atoms with Gasteiger partial charge in [-0.3, -0.25) is 0 Å². The summed E-state index contributed by atoms with van der Waals surface area (Å²) in [4.78, 5) is 0. The molecule has 0 heteroatoms. The van der Waals surface area contributed by atoms with Gasteiger partial charge in [-0.1, -0.05) is 32.0 Å². The molecule has 0 aromatic heterocycles. The van der Waals surface area contributed by atoms with E-state index in [0.717, 1.165) is 0 Å². The van der Waals surface area contributed by atoms with Crippen LogP contribution in [0.15, 0.2) is 12.1 Å². The molecule has 0 fully saturated rings. The molecule has 0 N–H and O–H groups in total. The van der Waals surface area contributed by atoms with E-state index in [2.05, 4.69) is 39.0 Å². The van der Waals surface area contributed by atoms with Crippen LogP contribution in [0.3, 0.4) is 0 Å². The summed E-state index contributed by atoms with van der Waals surface area (Å²) in [7, 11) is 0. The van der Waals surface area contributed by atoms with Gasteiger partial charge in [-0.25, -0.2) is 0 Å². The van der Waals surface area contributed by atoms with Gasteiger partial charge in [-0.2, -0.15) is 0 Å². The molecule has 1 atom stereocenters. The number of hydrogen-bond donors (Lipinski definition) is 0. The summed E-state index contributed by atoms with van der Waals surface area (Å²) >= 11 is 0. The topological polar surface area (TPSA) is 0 Å². The van der Waals surface area contributed by atoms with E-state index in [-0.39, 0.29) is 0 Å². The molecule has 0 aliphatic heterocycles. The predicted molar refractivity (Wildman–Crippen MR) is 47.6 cm³/mol. The summed E-state index contributed by atoms with van der Waals surface area (Å²) in [5, 5.41) is 0. The van der Waals surface area contributed by atoms with E-state index in [1.165, 1.54) is 17.5 Å². The lowest BCUT2D eigenvalue weighted by Gasteiger charge is -2.07. The largest absolute Gasteiger partial charge is 0.0699 e. The highest BCUT2D eigenvalue weighted by atomic mass is 14.1. The van der Waals surface area contributed by atoms with Crippen LogP contribution in [-0.4, -0.2) is 0 Å². The summed E-state index contributed by atoms with van der Waals surface area (Å²) in [5.74, 6) is 0.618. The number of rotatable bonds is 2. The van der Waals surface area contributed by atoms with E-state index in [4.69, 9.17) is 0 Å². The molecule has 0 spiro atoms.